The van der Waals surface area contributed by atoms with Crippen LogP contribution in [0.2, 0.25) is 0 Å². The molecule has 0 aliphatic heterocycles. The van der Waals surface area contributed by atoms with E-state index in [1.165, 1.54) is 12.1 Å². The number of hydrogen-bond donors (Lipinski definition) is 2. The van der Waals surface area contributed by atoms with Gasteiger partial charge >= 0.3 is 0 Å². The molecule has 3 N–H and O–H groups in total. The number of amides is 1. The van der Waals surface area contributed by atoms with Crippen LogP contribution >= 0.6 is 0 Å². The van der Waals surface area contributed by atoms with Crippen LogP contribution in [-0.2, 0) is 0 Å². The lowest BCUT2D eigenvalue weighted by molar-refractivity contribution is 0.102. The van der Waals surface area contributed by atoms with Crippen molar-refractivity contribution in [2.24, 2.45) is 0 Å². The number of carbonyl (C=O) groups is 1. The molecule has 0 saturated carbocycles. The molecule has 0 aliphatic carbocycles. The summed E-state index contributed by atoms with van der Waals surface area (Å²) in [5, 5.41) is 2.65. The SMILES string of the molecule is Cc1ccc(F)cc1NC(=O)c1ccccc1N. The number of aryl methyl sites for hydroxylation is 1. The van der Waals surface area contributed by atoms with Gasteiger partial charge in [0.1, 0.15) is 5.82 Å². The average molecular weight is 244 g/mol. The Labute approximate surface area is 104 Å². The van der Waals surface area contributed by atoms with E-state index in [0.717, 1.165) is 5.56 Å². The molecule has 0 bridgehead atoms. The molecule has 4 heteroatoms. The van der Waals surface area contributed by atoms with Crippen molar-refractivity contribution in [3.8, 4) is 0 Å². The van der Waals surface area contributed by atoms with E-state index in [-0.39, 0.29) is 5.91 Å². The van der Waals surface area contributed by atoms with Crippen molar-refractivity contribution in [1.82, 2.24) is 0 Å². The molecule has 18 heavy (non-hydrogen) atoms. The van der Waals surface area contributed by atoms with Gasteiger partial charge in [0.05, 0.1) is 5.56 Å². The Morgan fingerprint density at radius 2 is 1.94 bits per heavy atom. The third-order valence-corrected chi connectivity index (χ3v) is 2.65. The van der Waals surface area contributed by atoms with Crippen LogP contribution in [0.3, 0.4) is 0 Å². The Morgan fingerprint density at radius 1 is 1.22 bits per heavy atom. The van der Waals surface area contributed by atoms with Crippen molar-refractivity contribution in [3.63, 3.8) is 0 Å². The summed E-state index contributed by atoms with van der Waals surface area (Å²) in [7, 11) is 0. The van der Waals surface area contributed by atoms with Crippen LogP contribution in [0.15, 0.2) is 42.5 Å². The van der Waals surface area contributed by atoms with E-state index in [0.29, 0.717) is 16.9 Å². The van der Waals surface area contributed by atoms with Gasteiger partial charge in [-0.3, -0.25) is 4.79 Å². The van der Waals surface area contributed by atoms with E-state index in [2.05, 4.69) is 5.32 Å². The first-order valence-electron chi connectivity index (χ1n) is 5.50. The fourth-order valence-corrected chi connectivity index (χ4v) is 1.62. The highest BCUT2D eigenvalue weighted by Gasteiger charge is 2.10. The largest absolute Gasteiger partial charge is 0.398 e. The molecule has 0 aromatic heterocycles. The van der Waals surface area contributed by atoms with Gasteiger partial charge in [0.25, 0.3) is 5.91 Å². The number of benzene rings is 2. The Morgan fingerprint density at radius 3 is 2.67 bits per heavy atom. The smallest absolute Gasteiger partial charge is 0.257 e. The monoisotopic (exact) mass is 244 g/mol. The van der Waals surface area contributed by atoms with Gasteiger partial charge in [-0.15, -0.1) is 0 Å². The van der Waals surface area contributed by atoms with E-state index >= 15 is 0 Å². The van der Waals surface area contributed by atoms with Crippen LogP contribution in [0.4, 0.5) is 15.8 Å². The van der Waals surface area contributed by atoms with Crippen LogP contribution in [0.1, 0.15) is 15.9 Å². The molecule has 92 valence electrons. The van der Waals surface area contributed by atoms with Crippen molar-refractivity contribution < 1.29 is 9.18 Å². The summed E-state index contributed by atoms with van der Waals surface area (Å²) in [5.74, 6) is -0.737. The lowest BCUT2D eigenvalue weighted by Crippen LogP contribution is -2.14. The van der Waals surface area contributed by atoms with E-state index in [1.54, 1.807) is 37.3 Å². The number of nitrogens with two attached hydrogens (primary N) is 1. The molecule has 1 amide bonds. The predicted molar refractivity (Wildman–Crippen MR) is 69.9 cm³/mol. The Balaban J connectivity index is 2.27. The molecule has 2 aromatic rings. The quantitative estimate of drug-likeness (QED) is 0.798. The zero-order chi connectivity index (χ0) is 13.1. The summed E-state index contributed by atoms with van der Waals surface area (Å²) < 4.78 is 13.1. The number of hydrogen-bond acceptors (Lipinski definition) is 2. The Bertz CT molecular complexity index is 596. The van der Waals surface area contributed by atoms with E-state index in [9.17, 15) is 9.18 Å². The summed E-state index contributed by atoms with van der Waals surface area (Å²) in [6.07, 6.45) is 0. The van der Waals surface area contributed by atoms with Gasteiger partial charge in [0.2, 0.25) is 0 Å². The zero-order valence-corrected chi connectivity index (χ0v) is 9.91. The van der Waals surface area contributed by atoms with Gasteiger partial charge in [-0.2, -0.15) is 0 Å². The number of nitrogens with one attached hydrogen (secondary N) is 1. The van der Waals surface area contributed by atoms with Crippen molar-refractivity contribution in [2.75, 3.05) is 11.1 Å². The molecule has 2 rings (SSSR count). The maximum absolute atomic E-state index is 13.1. The molecule has 0 aliphatic rings. The highest BCUT2D eigenvalue weighted by molar-refractivity contribution is 6.07. The first kappa shape index (κ1) is 12.1. The van der Waals surface area contributed by atoms with Gasteiger partial charge in [0.15, 0.2) is 0 Å². The lowest BCUT2D eigenvalue weighted by atomic mass is 10.1. The highest BCUT2D eigenvalue weighted by Crippen LogP contribution is 2.18. The fourth-order valence-electron chi connectivity index (χ4n) is 1.62. The first-order valence-corrected chi connectivity index (χ1v) is 5.50. The highest BCUT2D eigenvalue weighted by atomic mass is 19.1. The van der Waals surface area contributed by atoms with E-state index < -0.39 is 5.82 Å². The molecule has 0 fully saturated rings. The molecule has 0 unspecified atom stereocenters. The standard InChI is InChI=1S/C14H13FN2O/c1-9-6-7-10(15)8-13(9)17-14(18)11-4-2-3-5-12(11)16/h2-8H,16H2,1H3,(H,17,18). The first-order chi connectivity index (χ1) is 8.58. The zero-order valence-electron chi connectivity index (χ0n) is 9.91. The van der Waals surface area contributed by atoms with Crippen LogP contribution in [-0.4, -0.2) is 5.91 Å². The minimum absolute atomic E-state index is 0.346. The maximum Gasteiger partial charge on any atom is 0.257 e. The van der Waals surface area contributed by atoms with Crippen LogP contribution in [0.5, 0.6) is 0 Å². The van der Waals surface area contributed by atoms with Gasteiger partial charge in [0, 0.05) is 11.4 Å². The number of para-hydroxylation sites is 1. The van der Waals surface area contributed by atoms with Crippen LogP contribution in [0, 0.1) is 12.7 Å². The number of nitrogen functional groups attached to an aromatic ring is 1. The van der Waals surface area contributed by atoms with Gasteiger partial charge < -0.3 is 11.1 Å². The molecule has 2 aromatic carbocycles. The van der Waals surface area contributed by atoms with Gasteiger partial charge in [-0.05, 0) is 36.8 Å². The normalized spacial score (nSPS) is 10.1. The van der Waals surface area contributed by atoms with Gasteiger partial charge in [-0.25, -0.2) is 4.39 Å². The summed E-state index contributed by atoms with van der Waals surface area (Å²) in [6.45, 7) is 1.80. The molecular weight excluding hydrogens is 231 g/mol. The van der Waals surface area contributed by atoms with Crippen molar-refractivity contribution in [3.05, 3.63) is 59.4 Å². The lowest BCUT2D eigenvalue weighted by Gasteiger charge is -2.09. The second kappa shape index (κ2) is 4.87. The fraction of sp³-hybridized carbons (Fsp3) is 0.0714. The molecule has 0 saturated heterocycles. The number of rotatable bonds is 2. The van der Waals surface area contributed by atoms with Gasteiger partial charge in [-0.1, -0.05) is 18.2 Å². The van der Waals surface area contributed by atoms with Crippen molar-refractivity contribution in [1.29, 1.82) is 0 Å². The maximum atomic E-state index is 13.1. The Kier molecular flexibility index (Phi) is 3.28. The Hall–Kier alpha value is -2.36. The number of carbonyl (C=O) groups excluding carboxylic acids is 1. The molecule has 0 radical (unpaired) electrons. The average Bonchev–Trinajstić information content (AvgIpc) is 2.34. The van der Waals surface area contributed by atoms with Crippen LogP contribution < -0.4 is 11.1 Å². The number of halogens is 1. The second-order valence-corrected chi connectivity index (χ2v) is 4.00. The topological polar surface area (TPSA) is 55.1 Å². The molecule has 0 spiro atoms. The van der Waals surface area contributed by atoms with Crippen LogP contribution in [0.25, 0.3) is 0 Å². The van der Waals surface area contributed by atoms with Crippen molar-refractivity contribution in [2.45, 2.75) is 6.92 Å². The summed E-state index contributed by atoms with van der Waals surface area (Å²) in [5.41, 5.74) is 7.72. The molecule has 0 heterocycles. The second-order valence-electron chi connectivity index (χ2n) is 4.00. The van der Waals surface area contributed by atoms with E-state index in [1.807, 2.05) is 0 Å². The van der Waals surface area contributed by atoms with Crippen molar-refractivity contribution >= 4 is 17.3 Å². The minimum atomic E-state index is -0.392. The third kappa shape index (κ3) is 2.48. The summed E-state index contributed by atoms with van der Waals surface area (Å²) in [6, 6.07) is 11.0. The summed E-state index contributed by atoms with van der Waals surface area (Å²) >= 11 is 0. The third-order valence-electron chi connectivity index (χ3n) is 2.65. The molecule has 3 nitrogen and oxygen atoms in total. The molecular formula is C14H13FN2O. The molecule has 0 atom stereocenters. The summed E-state index contributed by atoms with van der Waals surface area (Å²) in [4.78, 5) is 12.0. The predicted octanol–water partition coefficient (Wildman–Crippen LogP) is 2.97. The van der Waals surface area contributed by atoms with E-state index in [4.69, 9.17) is 5.73 Å². The number of anilines is 2. The minimum Gasteiger partial charge on any atom is -0.398 e.